The largest absolute Gasteiger partial charge is 0.416 e. The van der Waals surface area contributed by atoms with Gasteiger partial charge in [-0.05, 0) is 133 Å². The van der Waals surface area contributed by atoms with Crippen molar-refractivity contribution in [2.45, 2.75) is 6.18 Å². The Labute approximate surface area is 538 Å². The maximum absolute atomic E-state index is 15.3. The molecule has 0 unspecified atom stereocenters. The number of aromatic nitrogens is 6. The highest BCUT2D eigenvalue weighted by molar-refractivity contribution is 6.14. The summed E-state index contributed by atoms with van der Waals surface area (Å²) in [6.45, 7) is 0. The van der Waals surface area contributed by atoms with Gasteiger partial charge in [-0.2, -0.15) is 23.7 Å². The lowest BCUT2D eigenvalue weighted by Gasteiger charge is -2.20. The molecule has 0 aliphatic rings. The number of nitriles is 2. The van der Waals surface area contributed by atoms with E-state index in [1.807, 2.05) is 258 Å². The van der Waals surface area contributed by atoms with E-state index in [1.165, 1.54) is 6.07 Å². The van der Waals surface area contributed by atoms with Crippen LogP contribution in [0.3, 0.4) is 0 Å². The summed E-state index contributed by atoms with van der Waals surface area (Å²) in [5, 5.41) is 25.6. The average molecular weight is 1220 g/mol. The first-order valence-corrected chi connectivity index (χ1v) is 30.6. The Balaban J connectivity index is 0.952. The number of rotatable bonds is 11. The van der Waals surface area contributed by atoms with E-state index in [9.17, 15) is 10.5 Å². The minimum Gasteiger partial charge on any atom is -0.309 e. The van der Waals surface area contributed by atoms with Crippen LogP contribution in [0.2, 0.25) is 0 Å². The number of hydrogen-bond acceptors (Lipinski definition) is 6. The van der Waals surface area contributed by atoms with Gasteiger partial charge in [0.1, 0.15) is 6.07 Å². The lowest BCUT2D eigenvalue weighted by molar-refractivity contribution is -0.137. The molecule has 0 atom stereocenters. The van der Waals surface area contributed by atoms with Crippen molar-refractivity contribution in [2.24, 2.45) is 0 Å². The summed E-state index contributed by atoms with van der Waals surface area (Å²) in [4.78, 5) is 20.6. The van der Waals surface area contributed by atoms with E-state index in [0.717, 1.165) is 135 Å². The molecule has 0 spiro atoms. The van der Waals surface area contributed by atoms with Crippen molar-refractivity contribution in [3.63, 3.8) is 0 Å². The van der Waals surface area contributed by atoms with E-state index in [2.05, 4.69) is 30.3 Å². The van der Waals surface area contributed by atoms with Crippen molar-refractivity contribution in [1.29, 1.82) is 10.5 Å². The minimum atomic E-state index is -4.82. The van der Waals surface area contributed by atoms with Crippen molar-refractivity contribution in [3.8, 4) is 125 Å². The van der Waals surface area contributed by atoms with Gasteiger partial charge < -0.3 is 9.13 Å². The Morgan fingerprint density at radius 3 is 0.904 bits per heavy atom. The Bertz CT molecular complexity index is 5470. The molecule has 0 radical (unpaired) electrons. The second-order valence-electron chi connectivity index (χ2n) is 23.1. The molecule has 10 aromatic carbocycles. The second-order valence-corrected chi connectivity index (χ2v) is 23.1. The zero-order valence-electron chi connectivity index (χ0n) is 50.0. The first-order chi connectivity index (χ1) is 46.1. The van der Waals surface area contributed by atoms with Crippen LogP contribution < -0.4 is 0 Å². The summed E-state index contributed by atoms with van der Waals surface area (Å²) in [5.74, 6) is 0. The Kier molecular flexibility index (Phi) is 13.9. The van der Waals surface area contributed by atoms with Gasteiger partial charge in [-0.25, -0.2) is 19.9 Å². The van der Waals surface area contributed by atoms with Gasteiger partial charge in [0, 0.05) is 71.6 Å². The minimum absolute atomic E-state index is 0.123. The molecule has 0 aliphatic heterocycles. The lowest BCUT2D eigenvalue weighted by atomic mass is 9.95. The average Bonchev–Trinajstić information content (AvgIpc) is 1.55. The maximum Gasteiger partial charge on any atom is 0.416 e. The van der Waals surface area contributed by atoms with E-state index in [-0.39, 0.29) is 16.7 Å². The highest BCUT2D eigenvalue weighted by Crippen LogP contribution is 2.45. The van der Waals surface area contributed by atoms with Gasteiger partial charge in [0.05, 0.1) is 102 Å². The van der Waals surface area contributed by atoms with Crippen LogP contribution in [0.5, 0.6) is 0 Å². The molecule has 0 saturated carbocycles. The van der Waals surface area contributed by atoms with Gasteiger partial charge in [0.2, 0.25) is 0 Å². The zero-order chi connectivity index (χ0) is 63.4. The first-order valence-electron chi connectivity index (χ1n) is 30.6. The van der Waals surface area contributed by atoms with Crippen LogP contribution >= 0.6 is 0 Å². The molecule has 8 nitrogen and oxygen atoms in total. The number of pyridine rings is 4. The summed E-state index contributed by atoms with van der Waals surface area (Å²) in [7, 11) is 0. The van der Waals surface area contributed by atoms with Crippen LogP contribution in [-0.2, 0) is 6.18 Å². The number of hydrogen-bond donors (Lipinski definition) is 0. The van der Waals surface area contributed by atoms with Gasteiger partial charge in [0.25, 0.3) is 0 Å². The fraction of sp³-hybridized carbons (Fsp3) is 0.0120. The Morgan fingerprint density at radius 2 is 0.596 bits per heavy atom. The van der Waals surface area contributed by atoms with Crippen molar-refractivity contribution < 1.29 is 13.2 Å². The standard InChI is InChI=1S/C83H49F3N8/c84-83(85,86)63-42-52(50-87)41-61(43-63)64-49-81(93-77-37-33-57(73-29-13-25-69(89-73)53-17-5-1-6-18-53)44-65(77)66-45-58(34-38-78(66)93)74-30-14-26-70(90-74)54-19-7-2-8-20-54)62(51-88)48-82(64)94-79-39-35-59(75-31-15-27-71(91-75)55-21-9-3-10-22-55)46-67(79)68-47-60(36-40-80(68)94)76-32-16-28-72(92-76)56-23-11-4-12-24-56/h1-49H. The van der Waals surface area contributed by atoms with Crippen LogP contribution in [0.1, 0.15) is 16.7 Å². The summed E-state index contributed by atoms with van der Waals surface area (Å²) < 4.78 is 50.0. The predicted octanol–water partition coefficient (Wildman–Crippen LogP) is 21.2. The second kappa shape index (κ2) is 23.2. The summed E-state index contributed by atoms with van der Waals surface area (Å²) in [6, 6.07) is 99.9. The van der Waals surface area contributed by atoms with Crippen LogP contribution in [0, 0.1) is 22.7 Å². The molecular weight excluding hydrogens is 1170 g/mol. The monoisotopic (exact) mass is 1210 g/mol. The van der Waals surface area contributed by atoms with Crippen LogP contribution in [0.15, 0.2) is 297 Å². The highest BCUT2D eigenvalue weighted by atomic mass is 19.4. The van der Waals surface area contributed by atoms with Gasteiger partial charge in [-0.15, -0.1) is 0 Å². The third kappa shape index (κ3) is 10.3. The Hall–Kier alpha value is -12.8. The Morgan fingerprint density at radius 1 is 0.277 bits per heavy atom. The molecule has 6 aromatic heterocycles. The SMILES string of the molecule is N#Cc1cc(-c2cc(-n3c4ccc(-c5cccc(-c6ccccc6)n5)cc4c4cc(-c5cccc(-c6ccccc6)n5)ccc43)c(C#N)cc2-n2c3ccc(-c4cccc(-c5ccccc5)n4)cc3c3cc(-c4cccc(-c5ccccc5)n4)ccc32)cc(C(F)(F)F)c1. The molecular formula is C83H49F3N8. The fourth-order valence-corrected chi connectivity index (χ4v) is 12.9. The molecule has 442 valence electrons. The zero-order valence-corrected chi connectivity index (χ0v) is 50.0. The molecule has 0 amide bonds. The van der Waals surface area contributed by atoms with E-state index < -0.39 is 11.7 Å². The third-order valence-electron chi connectivity index (χ3n) is 17.4. The molecule has 94 heavy (non-hydrogen) atoms. The van der Waals surface area contributed by atoms with Gasteiger partial charge in [-0.1, -0.05) is 170 Å². The molecule has 11 heteroatoms. The van der Waals surface area contributed by atoms with Crippen LogP contribution in [0.4, 0.5) is 13.2 Å². The third-order valence-corrected chi connectivity index (χ3v) is 17.4. The van der Waals surface area contributed by atoms with Crippen LogP contribution in [-0.4, -0.2) is 29.1 Å². The summed E-state index contributed by atoms with van der Waals surface area (Å²) in [5.41, 5.74) is 16.7. The molecule has 16 rings (SSSR count). The molecule has 6 heterocycles. The number of halogens is 3. The molecule has 0 saturated heterocycles. The number of benzene rings is 10. The molecule has 16 aromatic rings. The van der Waals surface area contributed by atoms with E-state index in [0.29, 0.717) is 28.0 Å². The molecule has 0 N–H and O–H groups in total. The van der Waals surface area contributed by atoms with E-state index in [1.54, 1.807) is 12.1 Å². The number of alkyl halides is 3. The quantitative estimate of drug-likeness (QED) is 0.128. The number of nitrogens with zero attached hydrogens (tertiary/aromatic N) is 8. The highest BCUT2D eigenvalue weighted by Gasteiger charge is 2.32. The van der Waals surface area contributed by atoms with E-state index >= 15 is 13.2 Å². The normalized spacial score (nSPS) is 11.5. The maximum atomic E-state index is 15.3. The lowest BCUT2D eigenvalue weighted by Crippen LogP contribution is -2.07. The van der Waals surface area contributed by atoms with Crippen molar-refractivity contribution in [2.75, 3.05) is 0 Å². The molecule has 0 aliphatic carbocycles. The summed E-state index contributed by atoms with van der Waals surface area (Å²) >= 11 is 0. The van der Waals surface area contributed by atoms with Crippen molar-refractivity contribution >= 4 is 43.6 Å². The topological polar surface area (TPSA) is 109 Å². The molecule has 0 fully saturated rings. The van der Waals surface area contributed by atoms with Crippen LogP contribution in [0.25, 0.3) is 156 Å². The van der Waals surface area contributed by atoms with E-state index in [4.69, 9.17) is 19.9 Å². The van der Waals surface area contributed by atoms with Gasteiger partial charge in [-0.3, -0.25) is 0 Å². The number of fused-ring (bicyclic) bond motifs is 6. The van der Waals surface area contributed by atoms with Gasteiger partial charge >= 0.3 is 6.18 Å². The molecule has 0 bridgehead atoms. The van der Waals surface area contributed by atoms with Crippen molar-refractivity contribution in [1.82, 2.24) is 29.1 Å². The van der Waals surface area contributed by atoms with Gasteiger partial charge in [0.15, 0.2) is 0 Å². The summed E-state index contributed by atoms with van der Waals surface area (Å²) in [6.07, 6.45) is -4.82. The smallest absolute Gasteiger partial charge is 0.309 e. The first kappa shape index (κ1) is 56.4. The fourth-order valence-electron chi connectivity index (χ4n) is 12.9. The van der Waals surface area contributed by atoms with Crippen molar-refractivity contribution in [3.05, 3.63) is 314 Å². The predicted molar refractivity (Wildman–Crippen MR) is 370 cm³/mol.